The van der Waals surface area contributed by atoms with Crippen molar-refractivity contribution in [2.75, 3.05) is 16.6 Å². The first kappa shape index (κ1) is 23.7. The number of aryl methyl sites for hydroxylation is 1. The second kappa shape index (κ2) is 9.09. The number of carbonyl (C=O) groups excluding carboxylic acids is 3. The van der Waals surface area contributed by atoms with Crippen molar-refractivity contribution >= 4 is 39.2 Å². The largest absolute Gasteiger partial charge is 0.325 e. The molecule has 180 valence electrons. The minimum Gasteiger partial charge on any atom is -0.325 e. The molecule has 1 spiro atoms. The van der Waals surface area contributed by atoms with Gasteiger partial charge < -0.3 is 10.6 Å². The minimum absolute atomic E-state index is 0.0157. The van der Waals surface area contributed by atoms with Gasteiger partial charge in [-0.1, -0.05) is 37.5 Å². The molecule has 2 aliphatic rings. The van der Waals surface area contributed by atoms with Gasteiger partial charge in [-0.2, -0.15) is 0 Å². The van der Waals surface area contributed by atoms with Crippen LogP contribution in [0, 0.1) is 12.8 Å². The smallest absolute Gasteiger partial charge is 0.325 e. The summed E-state index contributed by atoms with van der Waals surface area (Å²) in [6.07, 6.45) is 3.31. The molecule has 10 heteroatoms. The van der Waals surface area contributed by atoms with E-state index < -0.39 is 27.5 Å². The molecule has 1 aliphatic carbocycles. The molecule has 2 aromatic carbocycles. The molecule has 0 unspecified atom stereocenters. The van der Waals surface area contributed by atoms with Gasteiger partial charge in [0, 0.05) is 11.4 Å². The van der Waals surface area contributed by atoms with Crippen LogP contribution in [0.5, 0.6) is 0 Å². The molecule has 1 saturated heterocycles. The predicted molar refractivity (Wildman–Crippen MR) is 128 cm³/mol. The van der Waals surface area contributed by atoms with Crippen LogP contribution < -0.4 is 15.4 Å². The summed E-state index contributed by atoms with van der Waals surface area (Å²) in [4.78, 5) is 39.1. The van der Waals surface area contributed by atoms with E-state index in [1.165, 1.54) is 24.3 Å². The lowest BCUT2D eigenvalue weighted by Gasteiger charge is -2.36. The Morgan fingerprint density at radius 1 is 1.06 bits per heavy atom. The SMILES string of the molecule is Cc1ccc(S(=O)(=O)Nc2ccc(NC(=O)CN3C(=O)N[C@]4(CCCC[C@H]4C)C3=O)cc2)cc1. The van der Waals surface area contributed by atoms with Gasteiger partial charge in [-0.15, -0.1) is 0 Å². The van der Waals surface area contributed by atoms with Gasteiger partial charge in [0.25, 0.3) is 15.9 Å². The van der Waals surface area contributed by atoms with Crippen LogP contribution in [0.3, 0.4) is 0 Å². The van der Waals surface area contributed by atoms with E-state index in [2.05, 4.69) is 15.4 Å². The van der Waals surface area contributed by atoms with Gasteiger partial charge in [0.1, 0.15) is 12.1 Å². The zero-order valence-corrected chi connectivity index (χ0v) is 19.9. The highest BCUT2D eigenvalue weighted by molar-refractivity contribution is 7.92. The Kier molecular flexibility index (Phi) is 6.35. The Balaban J connectivity index is 1.37. The van der Waals surface area contributed by atoms with E-state index in [-0.39, 0.29) is 23.3 Å². The number of imide groups is 1. The van der Waals surface area contributed by atoms with Gasteiger partial charge in [0.2, 0.25) is 5.91 Å². The van der Waals surface area contributed by atoms with Crippen molar-refractivity contribution in [3.8, 4) is 0 Å². The topological polar surface area (TPSA) is 125 Å². The maximum absolute atomic E-state index is 13.0. The van der Waals surface area contributed by atoms with E-state index >= 15 is 0 Å². The van der Waals surface area contributed by atoms with Gasteiger partial charge in [0.05, 0.1) is 4.90 Å². The van der Waals surface area contributed by atoms with Gasteiger partial charge in [0.15, 0.2) is 0 Å². The summed E-state index contributed by atoms with van der Waals surface area (Å²) in [5.74, 6) is -0.847. The molecule has 0 aromatic heterocycles. The molecule has 2 aromatic rings. The second-order valence-corrected chi connectivity index (χ2v) is 10.7. The number of urea groups is 1. The molecule has 3 N–H and O–H groups in total. The van der Waals surface area contributed by atoms with Crippen molar-refractivity contribution in [2.24, 2.45) is 5.92 Å². The Hall–Kier alpha value is -3.40. The number of benzene rings is 2. The highest BCUT2D eigenvalue weighted by Crippen LogP contribution is 2.38. The summed E-state index contributed by atoms with van der Waals surface area (Å²) >= 11 is 0. The maximum atomic E-state index is 13.0. The molecule has 2 fully saturated rings. The Morgan fingerprint density at radius 2 is 1.71 bits per heavy atom. The van der Waals surface area contributed by atoms with Gasteiger partial charge in [-0.05, 0) is 62.1 Å². The van der Waals surface area contributed by atoms with Gasteiger partial charge in [-0.3, -0.25) is 19.2 Å². The normalized spacial score (nSPS) is 22.5. The van der Waals surface area contributed by atoms with E-state index in [1.54, 1.807) is 24.3 Å². The fraction of sp³-hybridized carbons (Fsp3) is 0.375. The van der Waals surface area contributed by atoms with E-state index in [4.69, 9.17) is 0 Å². The Bertz CT molecular complexity index is 1210. The molecule has 34 heavy (non-hydrogen) atoms. The highest BCUT2D eigenvalue weighted by Gasteiger charge is 2.55. The van der Waals surface area contributed by atoms with E-state index in [9.17, 15) is 22.8 Å². The number of nitrogens with one attached hydrogen (secondary N) is 3. The number of amides is 4. The quantitative estimate of drug-likeness (QED) is 0.543. The monoisotopic (exact) mass is 484 g/mol. The average molecular weight is 485 g/mol. The zero-order chi connectivity index (χ0) is 24.5. The van der Waals surface area contributed by atoms with Crippen LogP contribution in [-0.4, -0.2) is 43.2 Å². The molecular formula is C24H28N4O5S. The number of sulfonamides is 1. The predicted octanol–water partition coefficient (Wildman–Crippen LogP) is 3.24. The third kappa shape index (κ3) is 4.63. The number of hydrogen-bond acceptors (Lipinski definition) is 5. The third-order valence-corrected chi connectivity index (χ3v) is 7.95. The first-order chi connectivity index (χ1) is 16.1. The molecule has 4 amide bonds. The summed E-state index contributed by atoms with van der Waals surface area (Å²) in [5.41, 5.74) is 0.791. The number of hydrogen-bond donors (Lipinski definition) is 3. The Morgan fingerprint density at radius 3 is 2.35 bits per heavy atom. The molecule has 2 atom stereocenters. The van der Waals surface area contributed by atoms with Crippen LogP contribution in [0.2, 0.25) is 0 Å². The van der Waals surface area contributed by atoms with Crippen LogP contribution in [0.15, 0.2) is 53.4 Å². The molecule has 1 aliphatic heterocycles. The number of anilines is 2. The van der Waals surface area contributed by atoms with Gasteiger partial charge in [-0.25, -0.2) is 13.2 Å². The van der Waals surface area contributed by atoms with Crippen LogP contribution in [0.25, 0.3) is 0 Å². The Labute approximate surface area is 199 Å². The lowest BCUT2D eigenvalue weighted by atomic mass is 9.73. The fourth-order valence-electron chi connectivity index (χ4n) is 4.54. The molecule has 0 radical (unpaired) electrons. The summed E-state index contributed by atoms with van der Waals surface area (Å²) in [7, 11) is -3.74. The number of carbonyl (C=O) groups is 3. The summed E-state index contributed by atoms with van der Waals surface area (Å²) < 4.78 is 27.5. The van der Waals surface area contributed by atoms with Crippen molar-refractivity contribution in [3.05, 3.63) is 54.1 Å². The standard InChI is InChI=1S/C24H28N4O5S/c1-16-6-12-20(13-7-16)34(32,33)27-19-10-8-18(9-11-19)25-21(29)15-28-22(30)24(26-23(28)31)14-4-3-5-17(24)2/h6-13,17,27H,3-5,14-15H2,1-2H3,(H,25,29)(H,26,31)/t17-,24+/m1/s1. The van der Waals surface area contributed by atoms with Crippen molar-refractivity contribution in [1.82, 2.24) is 10.2 Å². The third-order valence-electron chi connectivity index (χ3n) is 6.56. The van der Waals surface area contributed by atoms with Crippen molar-refractivity contribution in [2.45, 2.75) is 50.0 Å². The first-order valence-corrected chi connectivity index (χ1v) is 12.7. The zero-order valence-electron chi connectivity index (χ0n) is 19.1. The van der Waals surface area contributed by atoms with Gasteiger partial charge >= 0.3 is 6.03 Å². The van der Waals surface area contributed by atoms with E-state index in [1.807, 2.05) is 13.8 Å². The second-order valence-electron chi connectivity index (χ2n) is 8.98. The molecule has 9 nitrogen and oxygen atoms in total. The first-order valence-electron chi connectivity index (χ1n) is 11.2. The lowest BCUT2D eigenvalue weighted by molar-refractivity contribution is -0.136. The molecular weight excluding hydrogens is 456 g/mol. The van der Waals surface area contributed by atoms with Crippen LogP contribution >= 0.6 is 0 Å². The summed E-state index contributed by atoms with van der Waals surface area (Å²) in [6.45, 7) is 3.44. The van der Waals surface area contributed by atoms with E-state index in [0.29, 0.717) is 17.8 Å². The summed E-state index contributed by atoms with van der Waals surface area (Å²) in [6, 6.07) is 12.1. The van der Waals surface area contributed by atoms with Crippen molar-refractivity contribution in [3.63, 3.8) is 0 Å². The number of rotatable bonds is 6. The summed E-state index contributed by atoms with van der Waals surface area (Å²) in [5, 5.41) is 5.48. The molecule has 0 bridgehead atoms. The minimum atomic E-state index is -3.74. The lowest BCUT2D eigenvalue weighted by Crippen LogP contribution is -2.54. The fourth-order valence-corrected chi connectivity index (χ4v) is 5.59. The number of nitrogens with zero attached hydrogens (tertiary/aromatic N) is 1. The van der Waals surface area contributed by atoms with Crippen LogP contribution in [-0.2, 0) is 19.6 Å². The average Bonchev–Trinajstić information content (AvgIpc) is 3.02. The highest BCUT2D eigenvalue weighted by atomic mass is 32.2. The maximum Gasteiger partial charge on any atom is 0.325 e. The van der Waals surface area contributed by atoms with Crippen molar-refractivity contribution < 1.29 is 22.8 Å². The van der Waals surface area contributed by atoms with Crippen LogP contribution in [0.1, 0.15) is 38.2 Å². The molecule has 1 saturated carbocycles. The molecule has 1 heterocycles. The van der Waals surface area contributed by atoms with E-state index in [0.717, 1.165) is 29.7 Å². The molecule has 4 rings (SSSR count). The van der Waals surface area contributed by atoms with Crippen molar-refractivity contribution in [1.29, 1.82) is 0 Å². The van der Waals surface area contributed by atoms with Crippen LogP contribution in [0.4, 0.5) is 16.2 Å².